The zero-order valence-corrected chi connectivity index (χ0v) is 11.0. The molecule has 1 radical (unpaired) electrons. The smallest absolute Gasteiger partial charge is 0.283 e. The van der Waals surface area contributed by atoms with Crippen molar-refractivity contribution in [2.75, 3.05) is 11.2 Å². The summed E-state index contributed by atoms with van der Waals surface area (Å²) in [4.78, 5) is 0. The van der Waals surface area contributed by atoms with Gasteiger partial charge in [-0.2, -0.15) is 8.42 Å². The van der Waals surface area contributed by atoms with Crippen LogP contribution in [0.15, 0.2) is 24.3 Å². The van der Waals surface area contributed by atoms with Gasteiger partial charge in [0.25, 0.3) is 10.1 Å². The van der Waals surface area contributed by atoms with E-state index in [1.54, 1.807) is 12.1 Å². The molecule has 0 aliphatic carbocycles. The van der Waals surface area contributed by atoms with Gasteiger partial charge in [0.05, 0.1) is 0 Å². The van der Waals surface area contributed by atoms with Crippen molar-refractivity contribution in [3.63, 3.8) is 0 Å². The van der Waals surface area contributed by atoms with E-state index in [1.165, 1.54) is 0 Å². The second-order valence-corrected chi connectivity index (χ2v) is 4.17. The first-order valence-corrected chi connectivity index (χ1v) is 5.34. The molecule has 14 heavy (non-hydrogen) atoms. The molecule has 0 aromatic heterocycles. The fourth-order valence-corrected chi connectivity index (χ4v) is 1.28. The van der Waals surface area contributed by atoms with E-state index in [9.17, 15) is 8.42 Å². The van der Waals surface area contributed by atoms with Crippen molar-refractivity contribution in [3.05, 3.63) is 29.8 Å². The van der Waals surface area contributed by atoms with E-state index in [0.29, 0.717) is 5.69 Å². The van der Waals surface area contributed by atoms with Crippen LogP contribution in [0.3, 0.4) is 0 Å². The molecule has 0 bridgehead atoms. The van der Waals surface area contributed by atoms with Gasteiger partial charge in [0, 0.05) is 35.2 Å². The molecule has 73 valence electrons. The van der Waals surface area contributed by atoms with E-state index >= 15 is 0 Å². The summed E-state index contributed by atoms with van der Waals surface area (Å²) in [5.41, 5.74) is 1.64. The van der Waals surface area contributed by atoms with Gasteiger partial charge >= 0.3 is 0 Å². The van der Waals surface area contributed by atoms with Gasteiger partial charge in [-0.25, -0.2) is 0 Å². The van der Waals surface area contributed by atoms with Crippen molar-refractivity contribution in [3.8, 4) is 0 Å². The van der Waals surface area contributed by atoms with Gasteiger partial charge in [0.15, 0.2) is 0 Å². The number of anilines is 1. The summed E-state index contributed by atoms with van der Waals surface area (Å²) in [6, 6.07) is 7.25. The summed E-state index contributed by atoms with van der Waals surface area (Å²) in [5, 5.41) is 2.61. The Labute approximate surface area is 106 Å². The van der Waals surface area contributed by atoms with Gasteiger partial charge in [0.2, 0.25) is 0 Å². The third-order valence-electron chi connectivity index (χ3n) is 1.59. The van der Waals surface area contributed by atoms with Crippen molar-refractivity contribution >= 4 is 45.4 Å². The Kier molecular flexibility index (Phi) is 5.70. The van der Waals surface area contributed by atoms with Crippen LogP contribution in [0.5, 0.6) is 0 Å². The molecule has 4 nitrogen and oxygen atoms in total. The number of para-hydroxylation sites is 1. The third kappa shape index (κ3) is 4.97. The zero-order chi connectivity index (χ0) is 9.90. The summed E-state index contributed by atoms with van der Waals surface area (Å²) in [7, 11) is -3.95. The molecule has 0 heterocycles. The number of nitrogens with one attached hydrogen (secondary N) is 1. The average Bonchev–Trinajstić information content (AvgIpc) is 2.01. The molecule has 1 aromatic rings. The minimum absolute atomic E-state index is 0. The first-order chi connectivity index (χ1) is 5.99. The van der Waals surface area contributed by atoms with Crippen molar-refractivity contribution in [2.45, 2.75) is 6.92 Å². The molecule has 6 heteroatoms. The van der Waals surface area contributed by atoms with Crippen LogP contribution in [0.1, 0.15) is 5.56 Å². The van der Waals surface area contributed by atoms with Crippen molar-refractivity contribution < 1.29 is 13.0 Å². The molecule has 0 saturated carbocycles. The standard InChI is InChI=1S/C8H11NO3S.Na/c1-7-4-2-3-5-8(7)9-6-13(10,11)12;/h2-5,9H,6H2,1H3,(H,10,11,12);. The normalized spacial score (nSPS) is 10.4. The maximum absolute atomic E-state index is 10.4. The third-order valence-corrected chi connectivity index (χ3v) is 2.10. The molecule has 1 aromatic carbocycles. The number of hydrogen-bond donors (Lipinski definition) is 2. The Morgan fingerprint density at radius 2 is 1.93 bits per heavy atom. The van der Waals surface area contributed by atoms with Gasteiger partial charge in [-0.1, -0.05) is 18.2 Å². The van der Waals surface area contributed by atoms with Crippen molar-refractivity contribution in [2.24, 2.45) is 0 Å². The van der Waals surface area contributed by atoms with E-state index in [4.69, 9.17) is 4.55 Å². The molecule has 0 saturated heterocycles. The summed E-state index contributed by atoms with van der Waals surface area (Å²) in [6.45, 7) is 1.85. The molecule has 0 fully saturated rings. The van der Waals surface area contributed by atoms with Crippen LogP contribution in [0.25, 0.3) is 0 Å². The molecule has 0 aliphatic rings. The minimum atomic E-state index is -3.95. The largest absolute Gasteiger partial charge is 0.369 e. The summed E-state index contributed by atoms with van der Waals surface area (Å²) < 4.78 is 29.3. The summed E-state index contributed by atoms with van der Waals surface area (Å²) in [6.07, 6.45) is 0. The van der Waals surface area contributed by atoms with E-state index in [1.807, 2.05) is 19.1 Å². The molecule has 0 amide bonds. The van der Waals surface area contributed by atoms with Crippen LogP contribution in [0.2, 0.25) is 0 Å². The summed E-state index contributed by atoms with van der Waals surface area (Å²) >= 11 is 0. The molecule has 0 unspecified atom stereocenters. The number of aryl methyl sites for hydroxylation is 1. The molecule has 0 atom stereocenters. The second-order valence-electron chi connectivity index (χ2n) is 2.72. The van der Waals surface area contributed by atoms with Crippen LogP contribution in [0, 0.1) is 6.92 Å². The Bertz CT molecular complexity index is 391. The molecule has 0 aliphatic heterocycles. The number of benzene rings is 1. The predicted octanol–water partition coefficient (Wildman–Crippen LogP) is 0.871. The van der Waals surface area contributed by atoms with Crippen molar-refractivity contribution in [1.82, 2.24) is 0 Å². The first-order valence-electron chi connectivity index (χ1n) is 3.74. The van der Waals surface area contributed by atoms with Crippen molar-refractivity contribution in [1.29, 1.82) is 0 Å². The molecule has 2 N–H and O–H groups in total. The van der Waals surface area contributed by atoms with E-state index in [-0.39, 0.29) is 29.6 Å². The Morgan fingerprint density at radius 3 is 2.43 bits per heavy atom. The van der Waals surface area contributed by atoms with Gasteiger partial charge in [-0.05, 0) is 18.6 Å². The first kappa shape index (κ1) is 13.9. The second kappa shape index (κ2) is 5.72. The van der Waals surface area contributed by atoms with Gasteiger partial charge in [0.1, 0.15) is 5.88 Å². The van der Waals surface area contributed by atoms with E-state index in [0.717, 1.165) is 5.56 Å². The fraction of sp³-hybridized carbons (Fsp3) is 0.250. The minimum Gasteiger partial charge on any atom is -0.369 e. The SMILES string of the molecule is Cc1ccccc1NCS(=O)(=O)O.[Na]. The number of hydrogen-bond acceptors (Lipinski definition) is 3. The van der Waals surface area contributed by atoms with Crippen LogP contribution in [-0.2, 0) is 10.1 Å². The summed E-state index contributed by atoms with van der Waals surface area (Å²) in [5.74, 6) is -0.460. The maximum atomic E-state index is 10.4. The quantitative estimate of drug-likeness (QED) is 0.590. The maximum Gasteiger partial charge on any atom is 0.283 e. The zero-order valence-electron chi connectivity index (χ0n) is 8.19. The Hall–Kier alpha value is -0.0700. The Morgan fingerprint density at radius 1 is 1.36 bits per heavy atom. The Balaban J connectivity index is 0.00000169. The topological polar surface area (TPSA) is 66.4 Å². The van der Waals surface area contributed by atoms with Crippen LogP contribution < -0.4 is 5.32 Å². The van der Waals surface area contributed by atoms with E-state index in [2.05, 4.69) is 5.32 Å². The molecular weight excluding hydrogens is 213 g/mol. The van der Waals surface area contributed by atoms with E-state index < -0.39 is 16.0 Å². The van der Waals surface area contributed by atoms with Gasteiger partial charge in [-0.3, -0.25) is 4.55 Å². The average molecular weight is 224 g/mol. The monoisotopic (exact) mass is 224 g/mol. The predicted molar refractivity (Wildman–Crippen MR) is 57.0 cm³/mol. The van der Waals surface area contributed by atoms with Gasteiger partial charge in [-0.15, -0.1) is 0 Å². The van der Waals surface area contributed by atoms with Gasteiger partial charge < -0.3 is 5.32 Å². The number of rotatable bonds is 3. The van der Waals surface area contributed by atoms with Crippen LogP contribution in [-0.4, -0.2) is 48.4 Å². The molecule has 1 rings (SSSR count). The molecular formula is C8H11NNaO3S. The van der Waals surface area contributed by atoms with Crippen LogP contribution >= 0.6 is 0 Å². The fourth-order valence-electron chi connectivity index (χ4n) is 0.940. The molecule has 0 spiro atoms. The van der Waals surface area contributed by atoms with Crippen LogP contribution in [0.4, 0.5) is 5.69 Å².